The van der Waals surface area contributed by atoms with Crippen LogP contribution >= 0.6 is 0 Å². The minimum Gasteiger partial charge on any atom is -0.414 e. The molecule has 0 aromatic carbocycles. The number of hydrogen-bond donors (Lipinski definition) is 0. The maximum atomic E-state index is 13.8. The minimum absolute atomic E-state index is 0.157. The molecule has 1 aliphatic heterocycles. The van der Waals surface area contributed by atoms with Gasteiger partial charge in [-0.15, -0.1) is 0 Å². The van der Waals surface area contributed by atoms with Crippen molar-refractivity contribution in [2.75, 3.05) is 13.1 Å². The summed E-state index contributed by atoms with van der Waals surface area (Å²) in [7, 11) is 0. The van der Waals surface area contributed by atoms with Gasteiger partial charge in [-0.1, -0.05) is 0 Å². The Bertz CT molecular complexity index is 319. The maximum Gasteiger partial charge on any atom is 0.519 e. The molecule has 4 nitrogen and oxygen atoms in total. The lowest BCUT2D eigenvalue weighted by atomic mass is 10.2. The quantitative estimate of drug-likeness (QED) is 0.394. The molecule has 5 heteroatoms. The van der Waals surface area contributed by atoms with Gasteiger partial charge in [0.15, 0.2) is 6.54 Å². The van der Waals surface area contributed by atoms with Crippen LogP contribution in [0.3, 0.4) is 0 Å². The fourth-order valence-corrected chi connectivity index (χ4v) is 1.86. The van der Waals surface area contributed by atoms with E-state index in [4.69, 9.17) is 10.00 Å². The van der Waals surface area contributed by atoms with E-state index in [2.05, 4.69) is 0 Å². The molecule has 1 fully saturated rings. The zero-order valence-corrected chi connectivity index (χ0v) is 9.99. The van der Waals surface area contributed by atoms with Gasteiger partial charge in [-0.3, -0.25) is 0 Å². The molecule has 0 spiro atoms. The lowest BCUT2D eigenvalue weighted by Crippen LogP contribution is -2.56. The van der Waals surface area contributed by atoms with Crippen LogP contribution in [0.5, 0.6) is 0 Å². The van der Waals surface area contributed by atoms with Crippen molar-refractivity contribution in [1.82, 2.24) is 0 Å². The largest absolute Gasteiger partial charge is 0.519 e. The second-order valence-corrected chi connectivity index (χ2v) is 5.13. The summed E-state index contributed by atoms with van der Waals surface area (Å²) in [6.07, 6.45) is -1.00. The number of carbonyl (C=O) groups is 1. The van der Waals surface area contributed by atoms with Crippen molar-refractivity contribution in [3.63, 3.8) is 0 Å². The van der Waals surface area contributed by atoms with Crippen LogP contribution in [-0.4, -0.2) is 35.6 Å². The maximum absolute atomic E-state index is 13.8. The van der Waals surface area contributed by atoms with Gasteiger partial charge in [-0.2, -0.15) is 18.9 Å². The fourth-order valence-electron chi connectivity index (χ4n) is 1.86. The third-order valence-electron chi connectivity index (χ3n) is 2.65. The molecule has 0 aliphatic carbocycles. The molecule has 1 heterocycles. The summed E-state index contributed by atoms with van der Waals surface area (Å²) in [6.45, 7) is 5.39. The predicted molar refractivity (Wildman–Crippen MR) is 56.0 cm³/mol. The van der Waals surface area contributed by atoms with Crippen LogP contribution < -0.4 is 0 Å². The smallest absolute Gasteiger partial charge is 0.414 e. The molecular formula is C11H18FN2O2+. The van der Waals surface area contributed by atoms with E-state index in [1.807, 2.05) is 6.07 Å². The lowest BCUT2D eigenvalue weighted by molar-refractivity contribution is -0.878. The zero-order chi connectivity index (χ0) is 12.4. The highest BCUT2D eigenvalue weighted by Gasteiger charge is 2.51. The van der Waals surface area contributed by atoms with E-state index in [9.17, 15) is 9.18 Å². The second kappa shape index (κ2) is 4.38. The van der Waals surface area contributed by atoms with Crippen molar-refractivity contribution < 1.29 is 18.4 Å². The number of quaternary nitrogens is 1. The van der Waals surface area contributed by atoms with E-state index in [1.165, 1.54) is 0 Å². The molecule has 1 rings (SSSR count). The standard InChI is InChI=1S/C11H18FN2O2/c1-11(2,3)16-10(15)14(8-6-13)7-4-5-9(14)12/h9H,4-5,7-8H2,1-3H3/q+1. The van der Waals surface area contributed by atoms with Crippen molar-refractivity contribution in [2.24, 2.45) is 0 Å². The second-order valence-electron chi connectivity index (χ2n) is 5.13. The van der Waals surface area contributed by atoms with Gasteiger partial charge >= 0.3 is 6.09 Å². The molecule has 1 amide bonds. The number of likely N-dealkylation sites (tertiary alicyclic amines) is 1. The predicted octanol–water partition coefficient (Wildman–Crippen LogP) is 2.35. The van der Waals surface area contributed by atoms with Crippen molar-refractivity contribution >= 4 is 6.09 Å². The molecule has 2 atom stereocenters. The molecule has 1 saturated heterocycles. The molecule has 2 unspecified atom stereocenters. The number of amides is 1. The average molecular weight is 229 g/mol. The molecule has 0 aromatic heterocycles. The Labute approximate surface area is 95.2 Å². The number of alkyl halides is 1. The summed E-state index contributed by atoms with van der Waals surface area (Å²) in [5.41, 5.74) is -0.653. The highest BCUT2D eigenvalue weighted by atomic mass is 19.1. The van der Waals surface area contributed by atoms with Gasteiger partial charge in [0.25, 0.3) is 0 Å². The Balaban J connectivity index is 2.87. The van der Waals surface area contributed by atoms with E-state index >= 15 is 0 Å². The third kappa shape index (κ3) is 2.50. The van der Waals surface area contributed by atoms with Gasteiger partial charge in [-0.05, 0) is 20.8 Å². The summed E-state index contributed by atoms with van der Waals surface area (Å²) in [6, 6.07) is 1.88. The van der Waals surface area contributed by atoms with Crippen molar-refractivity contribution in [2.45, 2.75) is 45.5 Å². The highest BCUT2D eigenvalue weighted by molar-refractivity contribution is 5.61. The Morgan fingerprint density at radius 2 is 2.25 bits per heavy atom. The Morgan fingerprint density at radius 1 is 1.62 bits per heavy atom. The Kier molecular flexibility index (Phi) is 3.54. The van der Waals surface area contributed by atoms with Gasteiger partial charge in [0.2, 0.25) is 6.30 Å². The average Bonchev–Trinajstić information content (AvgIpc) is 2.46. The number of ether oxygens (including phenoxy) is 1. The number of carbonyl (C=O) groups excluding carboxylic acids is 1. The van der Waals surface area contributed by atoms with Crippen LogP contribution in [0.25, 0.3) is 0 Å². The summed E-state index contributed by atoms with van der Waals surface area (Å²) < 4.78 is 18.5. The molecule has 0 bridgehead atoms. The summed E-state index contributed by atoms with van der Waals surface area (Å²) in [5, 5.41) is 8.72. The normalized spacial score (nSPS) is 29.8. The van der Waals surface area contributed by atoms with Gasteiger partial charge < -0.3 is 4.74 Å². The van der Waals surface area contributed by atoms with Crippen LogP contribution in [0, 0.1) is 11.3 Å². The molecule has 16 heavy (non-hydrogen) atoms. The first-order valence-electron chi connectivity index (χ1n) is 5.43. The van der Waals surface area contributed by atoms with Crippen LogP contribution in [-0.2, 0) is 4.74 Å². The molecule has 0 radical (unpaired) electrons. The highest BCUT2D eigenvalue weighted by Crippen LogP contribution is 2.30. The Hall–Kier alpha value is -1.15. The van der Waals surface area contributed by atoms with E-state index in [-0.39, 0.29) is 6.54 Å². The molecule has 0 N–H and O–H groups in total. The first-order valence-corrected chi connectivity index (χ1v) is 5.43. The molecule has 0 saturated carbocycles. The van der Waals surface area contributed by atoms with Crippen LogP contribution in [0.4, 0.5) is 9.18 Å². The number of halogens is 1. The van der Waals surface area contributed by atoms with Gasteiger partial charge in [0.05, 0.1) is 6.54 Å². The van der Waals surface area contributed by atoms with Gasteiger partial charge in [-0.25, -0.2) is 0 Å². The van der Waals surface area contributed by atoms with Crippen LogP contribution in [0.1, 0.15) is 33.6 Å². The van der Waals surface area contributed by atoms with E-state index in [0.717, 1.165) is 0 Å². The van der Waals surface area contributed by atoms with E-state index in [1.54, 1.807) is 20.8 Å². The number of nitrogens with zero attached hydrogens (tertiary/aromatic N) is 2. The number of hydrogen-bond acceptors (Lipinski definition) is 3. The molecule has 1 aliphatic rings. The first-order chi connectivity index (χ1) is 7.32. The van der Waals surface area contributed by atoms with E-state index in [0.29, 0.717) is 19.4 Å². The Morgan fingerprint density at radius 3 is 2.62 bits per heavy atom. The van der Waals surface area contributed by atoms with Gasteiger partial charge in [0, 0.05) is 12.8 Å². The number of rotatable bonds is 1. The molecule has 90 valence electrons. The minimum atomic E-state index is -1.31. The molecule has 0 aromatic rings. The summed E-state index contributed by atoms with van der Waals surface area (Å²) in [5.74, 6) is 0. The van der Waals surface area contributed by atoms with E-state index < -0.39 is 22.5 Å². The van der Waals surface area contributed by atoms with Crippen LogP contribution in [0.15, 0.2) is 0 Å². The van der Waals surface area contributed by atoms with Crippen molar-refractivity contribution in [3.05, 3.63) is 0 Å². The SMILES string of the molecule is CC(C)(C)OC(=O)[N+]1(CC#N)CCCC1F. The summed E-state index contributed by atoms with van der Waals surface area (Å²) in [4.78, 5) is 11.9. The zero-order valence-electron chi connectivity index (χ0n) is 9.99. The van der Waals surface area contributed by atoms with Crippen LogP contribution in [0.2, 0.25) is 0 Å². The van der Waals surface area contributed by atoms with Crippen molar-refractivity contribution in [1.29, 1.82) is 5.26 Å². The monoisotopic (exact) mass is 229 g/mol. The number of nitriles is 1. The lowest BCUT2D eigenvalue weighted by Gasteiger charge is -2.32. The fraction of sp³-hybridized carbons (Fsp3) is 0.818. The third-order valence-corrected chi connectivity index (χ3v) is 2.65. The van der Waals surface area contributed by atoms with Gasteiger partial charge in [0.1, 0.15) is 11.7 Å². The van der Waals surface area contributed by atoms with Crippen molar-refractivity contribution in [3.8, 4) is 6.07 Å². The first kappa shape index (κ1) is 12.9. The topological polar surface area (TPSA) is 50.1 Å². The summed E-state index contributed by atoms with van der Waals surface area (Å²) >= 11 is 0. The molecular weight excluding hydrogens is 211 g/mol.